The van der Waals surface area contributed by atoms with E-state index in [-0.39, 0.29) is 0 Å². The molecule has 1 heterocycles. The molecule has 0 amide bonds. The van der Waals surface area contributed by atoms with Crippen LogP contribution in [0.5, 0.6) is 0 Å². The van der Waals surface area contributed by atoms with Gasteiger partial charge in [0.1, 0.15) is 0 Å². The van der Waals surface area contributed by atoms with Crippen LogP contribution >= 0.6 is 0 Å². The van der Waals surface area contributed by atoms with E-state index in [0.717, 1.165) is 13.1 Å². The third kappa shape index (κ3) is 2.72. The number of hydrogen-bond donors (Lipinski definition) is 1. The van der Waals surface area contributed by atoms with E-state index in [1.54, 1.807) is 0 Å². The van der Waals surface area contributed by atoms with Gasteiger partial charge in [0, 0.05) is 24.8 Å². The van der Waals surface area contributed by atoms with Crippen molar-refractivity contribution in [2.75, 3.05) is 18.0 Å². The summed E-state index contributed by atoms with van der Waals surface area (Å²) in [4.78, 5) is 2.42. The quantitative estimate of drug-likeness (QED) is 0.760. The van der Waals surface area contributed by atoms with E-state index in [4.69, 9.17) is 5.73 Å². The molecule has 2 N–H and O–H groups in total. The summed E-state index contributed by atoms with van der Waals surface area (Å²) < 4.78 is 0. The predicted molar refractivity (Wildman–Crippen MR) is 65.2 cm³/mol. The van der Waals surface area contributed by atoms with Crippen LogP contribution in [0.4, 0.5) is 5.69 Å². The summed E-state index contributed by atoms with van der Waals surface area (Å²) in [6, 6.07) is 9.04. The Bertz CT molecular complexity index is 322. The molecule has 1 aromatic carbocycles. The second-order valence-corrected chi connectivity index (χ2v) is 4.54. The Morgan fingerprint density at radius 1 is 1.33 bits per heavy atom. The summed E-state index contributed by atoms with van der Waals surface area (Å²) in [5, 5.41) is 0. The molecular formula is C13H20N2. The average Bonchev–Trinajstić information content (AvgIpc) is 2.43. The Morgan fingerprint density at radius 3 is 3.00 bits per heavy atom. The Labute approximate surface area is 92.1 Å². The van der Waals surface area contributed by atoms with Crippen LogP contribution in [-0.4, -0.2) is 19.1 Å². The zero-order chi connectivity index (χ0) is 10.7. The van der Waals surface area contributed by atoms with Crippen molar-refractivity contribution in [1.82, 2.24) is 0 Å². The number of hydrogen-bond acceptors (Lipinski definition) is 2. The van der Waals surface area contributed by atoms with Gasteiger partial charge >= 0.3 is 0 Å². The second kappa shape index (κ2) is 4.67. The highest BCUT2D eigenvalue weighted by atomic mass is 15.1. The Hall–Kier alpha value is -1.02. The minimum atomic E-state index is 0.341. The average molecular weight is 204 g/mol. The van der Waals surface area contributed by atoms with Crippen molar-refractivity contribution in [3.05, 3.63) is 29.8 Å². The van der Waals surface area contributed by atoms with E-state index in [1.165, 1.54) is 30.5 Å². The van der Waals surface area contributed by atoms with Gasteiger partial charge in [-0.1, -0.05) is 18.6 Å². The van der Waals surface area contributed by atoms with Gasteiger partial charge < -0.3 is 10.6 Å². The molecule has 0 saturated carbocycles. The lowest BCUT2D eigenvalue weighted by Crippen LogP contribution is -2.35. The first-order valence-corrected chi connectivity index (χ1v) is 5.83. The molecule has 1 saturated heterocycles. The number of benzene rings is 1. The van der Waals surface area contributed by atoms with Gasteiger partial charge in [0.2, 0.25) is 0 Å². The molecule has 2 nitrogen and oxygen atoms in total. The monoisotopic (exact) mass is 204 g/mol. The van der Waals surface area contributed by atoms with Gasteiger partial charge in [-0.3, -0.25) is 0 Å². The van der Waals surface area contributed by atoms with E-state index < -0.39 is 0 Å². The number of anilines is 1. The fourth-order valence-corrected chi connectivity index (χ4v) is 2.23. The molecule has 0 aliphatic carbocycles. The molecular weight excluding hydrogens is 184 g/mol. The van der Waals surface area contributed by atoms with Crippen molar-refractivity contribution >= 4 is 5.69 Å². The van der Waals surface area contributed by atoms with Crippen molar-refractivity contribution in [1.29, 1.82) is 0 Å². The van der Waals surface area contributed by atoms with Crippen LogP contribution < -0.4 is 10.6 Å². The van der Waals surface area contributed by atoms with E-state index in [0.29, 0.717) is 6.04 Å². The number of nitrogens with two attached hydrogens (primary N) is 1. The lowest BCUT2D eigenvalue weighted by Gasteiger charge is -2.25. The maximum Gasteiger partial charge on any atom is 0.0369 e. The summed E-state index contributed by atoms with van der Waals surface area (Å²) in [5.41, 5.74) is 8.71. The minimum Gasteiger partial charge on any atom is -0.370 e. The predicted octanol–water partition coefficient (Wildman–Crippen LogP) is 2.31. The topological polar surface area (TPSA) is 29.3 Å². The van der Waals surface area contributed by atoms with Crippen molar-refractivity contribution < 1.29 is 0 Å². The zero-order valence-corrected chi connectivity index (χ0v) is 9.45. The summed E-state index contributed by atoms with van der Waals surface area (Å²) >= 11 is 0. The van der Waals surface area contributed by atoms with Crippen molar-refractivity contribution in [2.24, 2.45) is 5.73 Å². The molecule has 0 spiro atoms. The Balaban J connectivity index is 2.14. The maximum atomic E-state index is 6.06. The molecule has 15 heavy (non-hydrogen) atoms. The van der Waals surface area contributed by atoms with Crippen LogP contribution in [-0.2, 0) is 0 Å². The highest BCUT2D eigenvalue weighted by Gasteiger charge is 2.14. The second-order valence-electron chi connectivity index (χ2n) is 4.54. The first-order chi connectivity index (χ1) is 7.25. The van der Waals surface area contributed by atoms with Crippen LogP contribution in [0, 0.1) is 6.92 Å². The highest BCUT2D eigenvalue weighted by Crippen LogP contribution is 2.19. The number of rotatable bonds is 1. The first-order valence-electron chi connectivity index (χ1n) is 5.83. The van der Waals surface area contributed by atoms with E-state index in [1.807, 2.05) is 0 Å². The van der Waals surface area contributed by atoms with Crippen LogP contribution in [0.15, 0.2) is 24.3 Å². The van der Waals surface area contributed by atoms with Gasteiger partial charge in [0.05, 0.1) is 0 Å². The normalized spacial score (nSPS) is 22.5. The Morgan fingerprint density at radius 2 is 2.20 bits per heavy atom. The molecule has 0 aromatic heterocycles. The van der Waals surface area contributed by atoms with E-state index in [2.05, 4.69) is 36.1 Å². The fraction of sp³-hybridized carbons (Fsp3) is 0.538. The lowest BCUT2D eigenvalue weighted by atomic mass is 10.1. The van der Waals surface area contributed by atoms with Crippen LogP contribution in [0.1, 0.15) is 24.8 Å². The van der Waals surface area contributed by atoms with Gasteiger partial charge in [-0.15, -0.1) is 0 Å². The van der Waals surface area contributed by atoms with Crippen molar-refractivity contribution in [2.45, 2.75) is 32.2 Å². The zero-order valence-electron chi connectivity index (χ0n) is 9.45. The molecule has 2 heteroatoms. The number of nitrogens with zero attached hydrogens (tertiary/aromatic N) is 1. The minimum absolute atomic E-state index is 0.341. The van der Waals surface area contributed by atoms with Gasteiger partial charge in [-0.25, -0.2) is 0 Å². The van der Waals surface area contributed by atoms with Crippen molar-refractivity contribution in [3.8, 4) is 0 Å². The molecule has 2 rings (SSSR count). The molecule has 0 radical (unpaired) electrons. The van der Waals surface area contributed by atoms with E-state index in [9.17, 15) is 0 Å². The van der Waals surface area contributed by atoms with Gasteiger partial charge in [0.15, 0.2) is 0 Å². The van der Waals surface area contributed by atoms with Gasteiger partial charge in [-0.2, -0.15) is 0 Å². The van der Waals surface area contributed by atoms with E-state index >= 15 is 0 Å². The van der Waals surface area contributed by atoms with Crippen molar-refractivity contribution in [3.63, 3.8) is 0 Å². The molecule has 1 unspecified atom stereocenters. The summed E-state index contributed by atoms with van der Waals surface area (Å²) in [5.74, 6) is 0. The van der Waals surface area contributed by atoms with Crippen LogP contribution in [0.3, 0.4) is 0 Å². The molecule has 82 valence electrons. The SMILES string of the molecule is Cc1cccc(N2CCCCC(N)C2)c1. The number of aryl methyl sites for hydroxylation is 1. The molecule has 1 aliphatic heterocycles. The summed E-state index contributed by atoms with van der Waals surface area (Å²) in [6.45, 7) is 4.29. The van der Waals surface area contributed by atoms with Gasteiger partial charge in [0.25, 0.3) is 0 Å². The first kappa shape index (κ1) is 10.5. The molecule has 1 fully saturated rings. The molecule has 0 bridgehead atoms. The fourth-order valence-electron chi connectivity index (χ4n) is 2.23. The molecule has 1 atom stereocenters. The highest BCUT2D eigenvalue weighted by molar-refractivity contribution is 5.48. The largest absolute Gasteiger partial charge is 0.370 e. The summed E-state index contributed by atoms with van der Waals surface area (Å²) in [6.07, 6.45) is 3.70. The lowest BCUT2D eigenvalue weighted by molar-refractivity contribution is 0.621. The van der Waals surface area contributed by atoms with Crippen LogP contribution in [0.25, 0.3) is 0 Å². The summed E-state index contributed by atoms with van der Waals surface area (Å²) in [7, 11) is 0. The van der Waals surface area contributed by atoms with Gasteiger partial charge in [-0.05, 0) is 37.5 Å². The Kier molecular flexibility index (Phi) is 3.27. The third-order valence-electron chi connectivity index (χ3n) is 3.07. The molecule has 1 aliphatic rings. The maximum absolute atomic E-state index is 6.06. The third-order valence-corrected chi connectivity index (χ3v) is 3.07. The van der Waals surface area contributed by atoms with Crippen LogP contribution in [0.2, 0.25) is 0 Å². The standard InChI is InChI=1S/C13H20N2/c1-11-5-4-7-13(9-11)15-8-3-2-6-12(14)10-15/h4-5,7,9,12H,2-3,6,8,10,14H2,1H3. The molecule has 1 aromatic rings. The smallest absolute Gasteiger partial charge is 0.0369 e.